The number of nitrogens with one attached hydrogen (secondary N) is 1. The number of thioether (sulfide) groups is 2. The van der Waals surface area contributed by atoms with Gasteiger partial charge in [0.2, 0.25) is 11.8 Å². The van der Waals surface area contributed by atoms with Crippen LogP contribution in [-0.4, -0.2) is 61.4 Å². The maximum Gasteiger partial charge on any atom is 0.322 e. The van der Waals surface area contributed by atoms with E-state index in [0.29, 0.717) is 21.8 Å². The number of carboxylic acids is 1. The number of aliphatic hydroxyl groups excluding tert-OH is 1. The lowest BCUT2D eigenvalue weighted by molar-refractivity contribution is -0.152. The van der Waals surface area contributed by atoms with E-state index in [4.69, 9.17) is 8.83 Å². The standard InChI is InChI=1S/C26H22N2O7S2/c29-11-14-3-5-17-18-6-4-16(10-20(18)35-19(17)8-14)37-26(25(32)33)12-28-23(31)22(24(28)36-13-26)27-21(30)9-15-2-1-7-34-15/h1-8,10,22,24,29H,9,11-13H2,(H,27,30)(H,32,33)/t22-,24-,26?/m1/s1. The molecular formula is C26H22N2O7S2. The Balaban J connectivity index is 1.18. The largest absolute Gasteiger partial charge is 0.480 e. The van der Waals surface area contributed by atoms with Crippen LogP contribution < -0.4 is 5.32 Å². The van der Waals surface area contributed by atoms with E-state index < -0.39 is 16.8 Å². The second kappa shape index (κ2) is 9.16. The van der Waals surface area contributed by atoms with Crippen LogP contribution in [0.25, 0.3) is 21.9 Å². The van der Waals surface area contributed by atoms with Crippen molar-refractivity contribution >= 4 is 63.2 Å². The van der Waals surface area contributed by atoms with Crippen LogP contribution in [0.3, 0.4) is 0 Å². The van der Waals surface area contributed by atoms with Gasteiger partial charge in [-0.2, -0.15) is 0 Å². The van der Waals surface area contributed by atoms with E-state index in [2.05, 4.69) is 5.32 Å². The summed E-state index contributed by atoms with van der Waals surface area (Å²) in [5, 5.41) is 23.9. The highest BCUT2D eigenvalue weighted by atomic mass is 32.2. The highest BCUT2D eigenvalue weighted by molar-refractivity contribution is 8.05. The number of benzene rings is 2. The van der Waals surface area contributed by atoms with Crippen molar-refractivity contribution in [2.45, 2.75) is 34.1 Å². The molecule has 0 radical (unpaired) electrons. The molecule has 4 heterocycles. The Bertz CT molecular complexity index is 1530. The first-order valence-corrected chi connectivity index (χ1v) is 13.5. The summed E-state index contributed by atoms with van der Waals surface area (Å²) in [5.74, 6) is -0.830. The van der Waals surface area contributed by atoms with Crippen LogP contribution in [-0.2, 0) is 27.4 Å². The van der Waals surface area contributed by atoms with Crippen LogP contribution in [0.1, 0.15) is 11.3 Å². The zero-order valence-corrected chi connectivity index (χ0v) is 21.0. The maximum absolute atomic E-state index is 12.9. The predicted molar refractivity (Wildman–Crippen MR) is 138 cm³/mol. The second-order valence-electron chi connectivity index (χ2n) is 9.12. The molecule has 2 aliphatic rings. The second-order valence-corrected chi connectivity index (χ2v) is 11.7. The fraction of sp³-hybridized carbons (Fsp3) is 0.269. The number of carbonyl (C=O) groups is 3. The summed E-state index contributed by atoms with van der Waals surface area (Å²) in [6.07, 6.45) is 1.52. The third-order valence-corrected chi connectivity index (χ3v) is 9.72. The number of aliphatic hydroxyl groups is 1. The Labute approximate surface area is 219 Å². The average Bonchev–Trinajstić information content (AvgIpc) is 3.53. The van der Waals surface area contributed by atoms with Crippen molar-refractivity contribution in [2.24, 2.45) is 0 Å². The van der Waals surface area contributed by atoms with Gasteiger partial charge in [0.1, 0.15) is 33.1 Å². The molecule has 37 heavy (non-hydrogen) atoms. The van der Waals surface area contributed by atoms with Crippen LogP contribution in [0, 0.1) is 0 Å². The SMILES string of the molecule is O=C(Cc1ccco1)N[C@@H]1C(=O)N2CC(Sc3ccc4c(c3)oc3cc(CO)ccc34)(C(=O)O)CS[C@H]12. The lowest BCUT2D eigenvalue weighted by Gasteiger charge is -2.53. The van der Waals surface area contributed by atoms with Crippen LogP contribution in [0.5, 0.6) is 0 Å². The van der Waals surface area contributed by atoms with E-state index in [1.807, 2.05) is 30.3 Å². The average molecular weight is 539 g/mol. The molecule has 3 atom stereocenters. The summed E-state index contributed by atoms with van der Waals surface area (Å²) >= 11 is 2.56. The summed E-state index contributed by atoms with van der Waals surface area (Å²) in [6, 6.07) is 13.8. The smallest absolute Gasteiger partial charge is 0.322 e. The summed E-state index contributed by atoms with van der Waals surface area (Å²) in [5.41, 5.74) is 2.02. The molecule has 2 fully saturated rings. The van der Waals surface area contributed by atoms with Crippen molar-refractivity contribution < 1.29 is 33.4 Å². The number of carboxylic acid groups (broad SMARTS) is 1. The molecule has 0 aliphatic carbocycles. The zero-order valence-electron chi connectivity index (χ0n) is 19.4. The molecule has 190 valence electrons. The Morgan fingerprint density at radius 3 is 2.68 bits per heavy atom. The van der Waals surface area contributed by atoms with Crippen molar-refractivity contribution in [2.75, 3.05) is 12.3 Å². The number of β-lactam (4-membered cyclic amide) rings is 1. The van der Waals surface area contributed by atoms with E-state index >= 15 is 0 Å². The minimum Gasteiger partial charge on any atom is -0.480 e. The molecule has 2 aromatic carbocycles. The molecule has 0 saturated carbocycles. The molecule has 2 amide bonds. The lowest BCUT2D eigenvalue weighted by Crippen LogP contribution is -2.74. The normalized spacial score (nSPS) is 23.2. The number of aliphatic carboxylic acids is 1. The van der Waals surface area contributed by atoms with Gasteiger partial charge in [0.15, 0.2) is 0 Å². The molecule has 0 spiro atoms. The van der Waals surface area contributed by atoms with Crippen molar-refractivity contribution in [3.05, 3.63) is 66.1 Å². The summed E-state index contributed by atoms with van der Waals surface area (Å²) < 4.78 is 9.93. The quantitative estimate of drug-likeness (QED) is 0.303. The summed E-state index contributed by atoms with van der Waals surface area (Å²) in [6.45, 7) is -0.0519. The van der Waals surface area contributed by atoms with E-state index in [1.54, 1.807) is 18.2 Å². The first-order chi connectivity index (χ1) is 17.9. The van der Waals surface area contributed by atoms with Gasteiger partial charge in [0.25, 0.3) is 0 Å². The van der Waals surface area contributed by atoms with Crippen molar-refractivity contribution in [3.63, 3.8) is 0 Å². The van der Waals surface area contributed by atoms with Crippen LogP contribution >= 0.6 is 23.5 Å². The van der Waals surface area contributed by atoms with Crippen molar-refractivity contribution in [1.82, 2.24) is 10.2 Å². The first-order valence-electron chi connectivity index (χ1n) is 11.6. The molecule has 3 N–H and O–H groups in total. The maximum atomic E-state index is 12.9. The van der Waals surface area contributed by atoms with Crippen LogP contribution in [0.4, 0.5) is 0 Å². The molecule has 1 unspecified atom stereocenters. The van der Waals surface area contributed by atoms with E-state index in [1.165, 1.54) is 34.7 Å². The zero-order chi connectivity index (χ0) is 25.7. The number of hydrogen-bond donors (Lipinski definition) is 3. The molecule has 2 saturated heterocycles. The van der Waals surface area contributed by atoms with Crippen molar-refractivity contribution in [1.29, 1.82) is 0 Å². The minimum absolute atomic E-state index is 0.0338. The summed E-state index contributed by atoms with van der Waals surface area (Å²) in [4.78, 5) is 39.9. The molecular weight excluding hydrogens is 516 g/mol. The minimum atomic E-state index is -1.25. The van der Waals surface area contributed by atoms with Gasteiger partial charge < -0.3 is 29.3 Å². The molecule has 2 aromatic heterocycles. The highest BCUT2D eigenvalue weighted by Gasteiger charge is 2.58. The van der Waals surface area contributed by atoms with Gasteiger partial charge >= 0.3 is 5.97 Å². The molecule has 9 nitrogen and oxygen atoms in total. The third kappa shape index (κ3) is 4.16. The number of furan rings is 2. The van der Waals surface area contributed by atoms with Gasteiger partial charge in [-0.1, -0.05) is 12.1 Å². The first kappa shape index (κ1) is 24.0. The number of nitrogens with zero attached hydrogens (tertiary/aromatic N) is 1. The number of amides is 2. The summed E-state index contributed by atoms with van der Waals surface area (Å²) in [7, 11) is 0. The van der Waals surface area contributed by atoms with Gasteiger partial charge in [-0.15, -0.1) is 23.5 Å². The number of fused-ring (bicyclic) bond motifs is 4. The monoisotopic (exact) mass is 538 g/mol. The number of carbonyl (C=O) groups excluding carboxylic acids is 2. The number of hydrogen-bond acceptors (Lipinski definition) is 8. The van der Waals surface area contributed by atoms with Crippen molar-refractivity contribution in [3.8, 4) is 0 Å². The fourth-order valence-corrected chi connectivity index (χ4v) is 7.65. The van der Waals surface area contributed by atoms with Gasteiger partial charge in [-0.25, -0.2) is 0 Å². The molecule has 2 aliphatic heterocycles. The Morgan fingerprint density at radius 2 is 1.95 bits per heavy atom. The molecule has 0 bridgehead atoms. The van der Waals surface area contributed by atoms with Gasteiger partial charge in [0.05, 0.1) is 19.3 Å². The van der Waals surface area contributed by atoms with E-state index in [0.717, 1.165) is 16.3 Å². The molecule has 6 rings (SSSR count). The van der Waals surface area contributed by atoms with Crippen LogP contribution in [0.2, 0.25) is 0 Å². The highest BCUT2D eigenvalue weighted by Crippen LogP contribution is 2.47. The predicted octanol–water partition coefficient (Wildman–Crippen LogP) is 3.23. The molecule has 4 aromatic rings. The van der Waals surface area contributed by atoms with Gasteiger partial charge in [0, 0.05) is 28.0 Å². The topological polar surface area (TPSA) is 133 Å². The third-order valence-electron chi connectivity index (χ3n) is 6.68. The number of rotatable bonds is 7. The van der Waals surface area contributed by atoms with E-state index in [-0.39, 0.29) is 42.5 Å². The fourth-order valence-electron chi connectivity index (χ4n) is 4.77. The Kier molecular flexibility index (Phi) is 5.93. The lowest BCUT2D eigenvalue weighted by atomic mass is 10.0. The van der Waals surface area contributed by atoms with Crippen LogP contribution in [0.15, 0.2) is 68.5 Å². The molecule has 11 heteroatoms. The Morgan fingerprint density at radius 1 is 1.16 bits per heavy atom. The van der Waals surface area contributed by atoms with E-state index in [9.17, 15) is 24.6 Å². The van der Waals surface area contributed by atoms with Gasteiger partial charge in [-0.3, -0.25) is 14.4 Å². The van der Waals surface area contributed by atoms with Gasteiger partial charge in [-0.05, 0) is 42.0 Å². The Hall–Kier alpha value is -3.41.